The first kappa shape index (κ1) is 14.0. The zero-order valence-electron chi connectivity index (χ0n) is 11.0. The number of fused-ring (bicyclic) bond motifs is 1. The van der Waals surface area contributed by atoms with Crippen molar-refractivity contribution in [1.29, 1.82) is 0 Å². The first-order valence-electron chi connectivity index (χ1n) is 6.09. The van der Waals surface area contributed by atoms with Crippen molar-refractivity contribution >= 4 is 44.8 Å². The number of nitrogens with zero attached hydrogens (tertiary/aromatic N) is 4. The van der Waals surface area contributed by atoms with Gasteiger partial charge in [-0.25, -0.2) is 9.50 Å². The highest BCUT2D eigenvalue weighted by Crippen LogP contribution is 2.20. The van der Waals surface area contributed by atoms with Crippen molar-refractivity contribution in [2.24, 2.45) is 0 Å². The number of halogens is 2. The van der Waals surface area contributed by atoms with Gasteiger partial charge in [-0.3, -0.25) is 9.69 Å². The topological polar surface area (TPSA) is 50.5 Å². The molecule has 0 N–H and O–H groups in total. The Morgan fingerprint density at radius 2 is 2.14 bits per heavy atom. The number of anilines is 1. The monoisotopic (exact) mass is 364 g/mol. The fourth-order valence-electron chi connectivity index (χ4n) is 1.95. The van der Waals surface area contributed by atoms with Gasteiger partial charge in [0.05, 0.1) is 21.2 Å². The van der Waals surface area contributed by atoms with Gasteiger partial charge in [0.2, 0.25) is 0 Å². The third-order valence-electron chi connectivity index (χ3n) is 3.08. The minimum atomic E-state index is -0.152. The maximum absolute atomic E-state index is 12.5. The molecule has 7 heteroatoms. The Kier molecular flexibility index (Phi) is 3.65. The van der Waals surface area contributed by atoms with E-state index in [1.54, 1.807) is 48.2 Å². The lowest BCUT2D eigenvalue weighted by Crippen LogP contribution is -2.27. The minimum absolute atomic E-state index is 0.152. The summed E-state index contributed by atoms with van der Waals surface area (Å²) in [4.78, 5) is 18.1. The smallest absolute Gasteiger partial charge is 0.259 e. The van der Waals surface area contributed by atoms with E-state index in [2.05, 4.69) is 26.0 Å². The average Bonchev–Trinajstić information content (AvgIpc) is 2.87. The Labute approximate surface area is 134 Å². The molecule has 0 spiro atoms. The molecule has 5 nitrogen and oxygen atoms in total. The summed E-state index contributed by atoms with van der Waals surface area (Å²) in [6.45, 7) is 0. The van der Waals surface area contributed by atoms with Crippen LogP contribution in [0.5, 0.6) is 0 Å². The van der Waals surface area contributed by atoms with Crippen LogP contribution < -0.4 is 4.90 Å². The van der Waals surface area contributed by atoms with Crippen LogP contribution >= 0.6 is 27.5 Å². The molecule has 3 heterocycles. The molecule has 0 saturated carbocycles. The maximum atomic E-state index is 12.5. The SMILES string of the molecule is CN(C(=O)c1ccn2ncc(Br)c2c1)c1ccc(Cl)cn1. The number of aromatic nitrogens is 3. The Bertz CT molecular complexity index is 815. The molecule has 3 aromatic heterocycles. The standard InChI is InChI=1S/C14H10BrClN4O/c1-19(13-3-2-10(16)7-17-13)14(21)9-4-5-20-12(6-9)11(15)8-18-20/h2-8H,1H3. The number of rotatable bonds is 2. The molecule has 0 bridgehead atoms. The summed E-state index contributed by atoms with van der Waals surface area (Å²) in [7, 11) is 1.67. The fraction of sp³-hybridized carbons (Fsp3) is 0.0714. The first-order chi connectivity index (χ1) is 10.1. The van der Waals surface area contributed by atoms with Gasteiger partial charge in [0.15, 0.2) is 0 Å². The Morgan fingerprint density at radius 3 is 2.86 bits per heavy atom. The van der Waals surface area contributed by atoms with Crippen molar-refractivity contribution in [2.75, 3.05) is 11.9 Å². The largest absolute Gasteiger partial charge is 0.296 e. The average molecular weight is 366 g/mol. The van der Waals surface area contributed by atoms with E-state index in [-0.39, 0.29) is 5.91 Å². The normalized spacial score (nSPS) is 10.8. The molecule has 0 aliphatic rings. The molecule has 0 aliphatic carbocycles. The number of carbonyl (C=O) groups excluding carboxylic acids is 1. The lowest BCUT2D eigenvalue weighted by Gasteiger charge is -2.16. The fourth-order valence-corrected chi connectivity index (χ4v) is 2.45. The highest BCUT2D eigenvalue weighted by atomic mass is 79.9. The Balaban J connectivity index is 1.95. The van der Waals surface area contributed by atoms with Crippen LogP contribution in [0, 0.1) is 0 Å². The van der Waals surface area contributed by atoms with E-state index in [4.69, 9.17) is 11.6 Å². The van der Waals surface area contributed by atoms with Crippen LogP contribution in [0.2, 0.25) is 5.02 Å². The van der Waals surface area contributed by atoms with Gasteiger partial charge in [0.25, 0.3) is 5.91 Å². The van der Waals surface area contributed by atoms with E-state index in [1.165, 1.54) is 11.1 Å². The van der Waals surface area contributed by atoms with Crippen molar-refractivity contribution in [3.8, 4) is 0 Å². The van der Waals surface area contributed by atoms with E-state index < -0.39 is 0 Å². The summed E-state index contributed by atoms with van der Waals surface area (Å²) in [6.07, 6.45) is 4.95. The van der Waals surface area contributed by atoms with Gasteiger partial charge in [-0.05, 0) is 40.2 Å². The van der Waals surface area contributed by atoms with Crippen LogP contribution in [0.1, 0.15) is 10.4 Å². The zero-order valence-corrected chi connectivity index (χ0v) is 13.3. The van der Waals surface area contributed by atoms with Gasteiger partial charge in [0, 0.05) is 25.0 Å². The molecule has 3 aromatic rings. The number of hydrogen-bond donors (Lipinski definition) is 0. The van der Waals surface area contributed by atoms with E-state index in [1.807, 2.05) is 0 Å². The lowest BCUT2D eigenvalue weighted by atomic mass is 10.2. The van der Waals surface area contributed by atoms with Gasteiger partial charge in [0.1, 0.15) is 5.82 Å². The first-order valence-corrected chi connectivity index (χ1v) is 7.26. The Hall–Kier alpha value is -1.92. The summed E-state index contributed by atoms with van der Waals surface area (Å²) >= 11 is 9.21. The minimum Gasteiger partial charge on any atom is -0.296 e. The van der Waals surface area contributed by atoms with Crippen LogP contribution in [0.25, 0.3) is 5.52 Å². The summed E-state index contributed by atoms with van der Waals surface area (Å²) in [5, 5.41) is 4.68. The van der Waals surface area contributed by atoms with Crippen LogP contribution in [-0.2, 0) is 0 Å². The second-order valence-corrected chi connectivity index (χ2v) is 5.73. The molecule has 1 amide bonds. The molecule has 3 rings (SSSR count). The van der Waals surface area contributed by atoms with Gasteiger partial charge in [-0.1, -0.05) is 11.6 Å². The zero-order chi connectivity index (χ0) is 15.0. The molecule has 0 atom stereocenters. The molecular weight excluding hydrogens is 356 g/mol. The van der Waals surface area contributed by atoms with Crippen LogP contribution in [-0.4, -0.2) is 27.6 Å². The van der Waals surface area contributed by atoms with Crippen molar-refractivity contribution < 1.29 is 4.79 Å². The van der Waals surface area contributed by atoms with Gasteiger partial charge < -0.3 is 0 Å². The quantitative estimate of drug-likeness (QED) is 0.699. The van der Waals surface area contributed by atoms with Crippen molar-refractivity contribution in [3.05, 3.63) is 57.9 Å². The third-order valence-corrected chi connectivity index (χ3v) is 3.92. The summed E-state index contributed by atoms with van der Waals surface area (Å²) < 4.78 is 2.53. The highest BCUT2D eigenvalue weighted by Gasteiger charge is 2.15. The number of carbonyl (C=O) groups is 1. The molecule has 0 saturated heterocycles. The molecule has 0 radical (unpaired) electrons. The molecule has 0 aromatic carbocycles. The summed E-state index contributed by atoms with van der Waals surface area (Å²) in [6, 6.07) is 6.91. The van der Waals surface area contributed by atoms with Crippen molar-refractivity contribution in [1.82, 2.24) is 14.6 Å². The second-order valence-electron chi connectivity index (χ2n) is 4.44. The molecule has 0 unspecified atom stereocenters. The van der Waals surface area contributed by atoms with E-state index in [0.29, 0.717) is 16.4 Å². The van der Waals surface area contributed by atoms with Crippen molar-refractivity contribution in [3.63, 3.8) is 0 Å². The summed E-state index contributed by atoms with van der Waals surface area (Å²) in [5.41, 5.74) is 1.39. The van der Waals surface area contributed by atoms with Gasteiger partial charge >= 0.3 is 0 Å². The van der Waals surface area contributed by atoms with E-state index in [9.17, 15) is 4.79 Å². The van der Waals surface area contributed by atoms with E-state index in [0.717, 1.165) is 9.99 Å². The number of pyridine rings is 2. The maximum Gasteiger partial charge on any atom is 0.259 e. The second kappa shape index (κ2) is 5.46. The number of amides is 1. The van der Waals surface area contributed by atoms with Gasteiger partial charge in [-0.15, -0.1) is 0 Å². The lowest BCUT2D eigenvalue weighted by molar-refractivity contribution is 0.0992. The molecule has 106 valence electrons. The Morgan fingerprint density at radius 1 is 1.33 bits per heavy atom. The summed E-state index contributed by atoms with van der Waals surface area (Å²) in [5.74, 6) is 0.386. The molecule has 21 heavy (non-hydrogen) atoms. The predicted molar refractivity (Wildman–Crippen MR) is 84.9 cm³/mol. The predicted octanol–water partition coefficient (Wildman–Crippen LogP) is 3.42. The molecule has 0 aliphatic heterocycles. The van der Waals surface area contributed by atoms with E-state index >= 15 is 0 Å². The third kappa shape index (κ3) is 2.64. The highest BCUT2D eigenvalue weighted by molar-refractivity contribution is 9.10. The molecule has 0 fully saturated rings. The van der Waals surface area contributed by atoms with Gasteiger partial charge in [-0.2, -0.15) is 5.10 Å². The van der Waals surface area contributed by atoms with Crippen LogP contribution in [0.15, 0.2) is 47.3 Å². The van der Waals surface area contributed by atoms with Crippen molar-refractivity contribution in [2.45, 2.75) is 0 Å². The number of hydrogen-bond acceptors (Lipinski definition) is 3. The van der Waals surface area contributed by atoms with Crippen LogP contribution in [0.4, 0.5) is 5.82 Å². The van der Waals surface area contributed by atoms with Crippen LogP contribution in [0.3, 0.4) is 0 Å². The molecular formula is C14H10BrClN4O.